The van der Waals surface area contributed by atoms with Crippen LogP contribution in [0.2, 0.25) is 0 Å². The Hall–Kier alpha value is -3.48. The third kappa shape index (κ3) is 4.08. The fourth-order valence-corrected chi connectivity index (χ4v) is 2.44. The monoisotopic (exact) mass is 336 g/mol. The van der Waals surface area contributed by atoms with Gasteiger partial charge in [0.15, 0.2) is 0 Å². The molecule has 0 bridgehead atoms. The van der Waals surface area contributed by atoms with Crippen molar-refractivity contribution in [3.63, 3.8) is 0 Å². The minimum atomic E-state index is -1.03. The van der Waals surface area contributed by atoms with E-state index in [0.29, 0.717) is 12.1 Å². The van der Waals surface area contributed by atoms with Crippen molar-refractivity contribution in [3.8, 4) is 0 Å². The molecule has 0 saturated heterocycles. The number of nitrogens with zero attached hydrogens (tertiary/aromatic N) is 3. The summed E-state index contributed by atoms with van der Waals surface area (Å²) in [6, 6.07) is 15.1. The average Bonchev–Trinajstić information content (AvgIpc) is 3.15. The largest absolute Gasteiger partial charge is 0.478 e. The van der Waals surface area contributed by atoms with Crippen LogP contribution in [0.15, 0.2) is 67.3 Å². The van der Waals surface area contributed by atoms with Gasteiger partial charge in [-0.25, -0.2) is 9.78 Å². The summed E-state index contributed by atoms with van der Waals surface area (Å²) >= 11 is 0. The van der Waals surface area contributed by atoms with Crippen LogP contribution >= 0.6 is 0 Å². The normalized spacial score (nSPS) is 11.7. The molecule has 1 aromatic heterocycles. The van der Waals surface area contributed by atoms with E-state index in [1.165, 1.54) is 30.6 Å². The molecule has 0 fully saturated rings. The number of carbonyl (C=O) groups is 2. The minimum Gasteiger partial charge on any atom is -0.478 e. The molecule has 1 heterocycles. The fraction of sp³-hybridized carbons (Fsp3) is 0.111. The molecule has 7 heteroatoms. The first-order chi connectivity index (χ1) is 12.1. The molecule has 0 radical (unpaired) electrons. The Morgan fingerprint density at radius 1 is 1.04 bits per heavy atom. The molecule has 1 amide bonds. The second-order valence-corrected chi connectivity index (χ2v) is 5.44. The van der Waals surface area contributed by atoms with E-state index in [-0.39, 0.29) is 17.5 Å². The van der Waals surface area contributed by atoms with Crippen molar-refractivity contribution in [1.82, 2.24) is 20.1 Å². The molecule has 2 aromatic carbocycles. The summed E-state index contributed by atoms with van der Waals surface area (Å²) in [5.74, 6) is -1.31. The Labute approximate surface area is 143 Å². The summed E-state index contributed by atoms with van der Waals surface area (Å²) in [4.78, 5) is 27.4. The van der Waals surface area contributed by atoms with Crippen LogP contribution in [0.25, 0.3) is 0 Å². The van der Waals surface area contributed by atoms with Crippen molar-refractivity contribution in [2.45, 2.75) is 12.6 Å². The van der Waals surface area contributed by atoms with Gasteiger partial charge in [0.2, 0.25) is 0 Å². The summed E-state index contributed by atoms with van der Waals surface area (Å²) in [6.45, 7) is 0.433. The molecule has 126 valence electrons. The number of aromatic carboxylic acids is 1. The highest BCUT2D eigenvalue weighted by Crippen LogP contribution is 2.16. The Morgan fingerprint density at radius 2 is 1.72 bits per heavy atom. The molecule has 0 aliphatic heterocycles. The van der Waals surface area contributed by atoms with Crippen LogP contribution in [0.5, 0.6) is 0 Å². The summed E-state index contributed by atoms with van der Waals surface area (Å²) in [5, 5.41) is 16.0. The zero-order valence-corrected chi connectivity index (χ0v) is 13.2. The average molecular weight is 336 g/mol. The molecular formula is C18H16N4O3. The number of hydrogen-bond acceptors (Lipinski definition) is 4. The van der Waals surface area contributed by atoms with E-state index in [0.717, 1.165) is 5.56 Å². The van der Waals surface area contributed by atoms with Gasteiger partial charge >= 0.3 is 5.97 Å². The maximum Gasteiger partial charge on any atom is 0.335 e. The number of carbonyl (C=O) groups excluding carboxylic acids is 1. The highest BCUT2D eigenvalue weighted by Gasteiger charge is 2.17. The van der Waals surface area contributed by atoms with E-state index < -0.39 is 5.97 Å². The molecule has 1 atom stereocenters. The van der Waals surface area contributed by atoms with Crippen LogP contribution in [0, 0.1) is 0 Å². The van der Waals surface area contributed by atoms with Gasteiger partial charge in [-0.2, -0.15) is 5.10 Å². The molecule has 0 aliphatic rings. The predicted octanol–water partition coefficient (Wildman–Crippen LogP) is 2.15. The van der Waals surface area contributed by atoms with E-state index in [4.69, 9.17) is 5.11 Å². The number of carboxylic acid groups (broad SMARTS) is 1. The molecule has 25 heavy (non-hydrogen) atoms. The first kappa shape index (κ1) is 16.4. The summed E-state index contributed by atoms with van der Waals surface area (Å²) < 4.78 is 1.64. The van der Waals surface area contributed by atoms with Gasteiger partial charge in [-0.15, -0.1) is 0 Å². The SMILES string of the molecule is O=C(O)c1ccc(C(=O)NC(Cn2cncn2)c2ccccc2)cc1. The van der Waals surface area contributed by atoms with Crippen LogP contribution in [0.3, 0.4) is 0 Å². The topological polar surface area (TPSA) is 97.1 Å². The van der Waals surface area contributed by atoms with Crippen molar-refractivity contribution in [2.75, 3.05) is 0 Å². The van der Waals surface area contributed by atoms with E-state index in [9.17, 15) is 9.59 Å². The lowest BCUT2D eigenvalue weighted by atomic mass is 10.1. The predicted molar refractivity (Wildman–Crippen MR) is 90.1 cm³/mol. The second kappa shape index (κ2) is 7.39. The maximum absolute atomic E-state index is 12.5. The van der Waals surface area contributed by atoms with Crippen molar-refractivity contribution in [3.05, 3.63) is 83.9 Å². The van der Waals surface area contributed by atoms with Gasteiger partial charge in [0, 0.05) is 5.56 Å². The van der Waals surface area contributed by atoms with Gasteiger partial charge in [0.25, 0.3) is 5.91 Å². The van der Waals surface area contributed by atoms with Crippen molar-refractivity contribution >= 4 is 11.9 Å². The zero-order chi connectivity index (χ0) is 17.6. The molecule has 1 unspecified atom stereocenters. The molecule has 0 aliphatic carbocycles. The Bertz CT molecular complexity index is 846. The Kier molecular flexibility index (Phi) is 4.84. The quantitative estimate of drug-likeness (QED) is 0.719. The number of carboxylic acids is 1. The van der Waals surface area contributed by atoms with Gasteiger partial charge in [0.1, 0.15) is 12.7 Å². The number of hydrogen-bond donors (Lipinski definition) is 2. The third-order valence-electron chi connectivity index (χ3n) is 3.74. The number of rotatable bonds is 6. The number of aromatic nitrogens is 3. The lowest BCUT2D eigenvalue weighted by Crippen LogP contribution is -2.31. The Morgan fingerprint density at radius 3 is 2.32 bits per heavy atom. The van der Waals surface area contributed by atoms with Crippen molar-refractivity contribution in [2.24, 2.45) is 0 Å². The molecule has 7 nitrogen and oxygen atoms in total. The number of amides is 1. The van der Waals surface area contributed by atoms with Gasteiger partial charge in [0.05, 0.1) is 18.2 Å². The number of nitrogens with one attached hydrogen (secondary N) is 1. The molecule has 3 rings (SSSR count). The summed E-state index contributed by atoms with van der Waals surface area (Å²) in [7, 11) is 0. The Balaban J connectivity index is 1.79. The number of benzene rings is 2. The molecular weight excluding hydrogens is 320 g/mol. The third-order valence-corrected chi connectivity index (χ3v) is 3.74. The summed E-state index contributed by atoms with van der Waals surface area (Å²) in [5.41, 5.74) is 1.47. The van der Waals surface area contributed by atoms with Gasteiger partial charge in [-0.3, -0.25) is 9.48 Å². The fourth-order valence-electron chi connectivity index (χ4n) is 2.44. The van der Waals surface area contributed by atoms with Crippen LogP contribution in [-0.4, -0.2) is 31.7 Å². The van der Waals surface area contributed by atoms with E-state index in [1.807, 2.05) is 30.3 Å². The standard InChI is InChI=1S/C18H16N4O3/c23-17(14-6-8-15(9-7-14)18(24)25)21-16(10-22-12-19-11-20-22)13-4-2-1-3-5-13/h1-9,11-12,16H,10H2,(H,21,23)(H,24,25). The summed E-state index contributed by atoms with van der Waals surface area (Å²) in [6.07, 6.45) is 3.03. The van der Waals surface area contributed by atoms with Crippen LogP contribution < -0.4 is 5.32 Å². The van der Waals surface area contributed by atoms with Crippen molar-refractivity contribution < 1.29 is 14.7 Å². The van der Waals surface area contributed by atoms with Gasteiger partial charge < -0.3 is 10.4 Å². The molecule has 0 spiro atoms. The zero-order valence-electron chi connectivity index (χ0n) is 13.2. The van der Waals surface area contributed by atoms with Gasteiger partial charge in [-0.05, 0) is 29.8 Å². The van der Waals surface area contributed by atoms with Crippen molar-refractivity contribution in [1.29, 1.82) is 0 Å². The lowest BCUT2D eigenvalue weighted by molar-refractivity contribution is 0.0696. The van der Waals surface area contributed by atoms with Crippen LogP contribution in [0.4, 0.5) is 0 Å². The molecule has 0 saturated carbocycles. The van der Waals surface area contributed by atoms with Crippen LogP contribution in [0.1, 0.15) is 32.3 Å². The lowest BCUT2D eigenvalue weighted by Gasteiger charge is -2.19. The molecule has 3 aromatic rings. The molecule has 2 N–H and O–H groups in total. The van der Waals surface area contributed by atoms with E-state index in [2.05, 4.69) is 15.4 Å². The van der Waals surface area contributed by atoms with E-state index in [1.54, 1.807) is 11.0 Å². The highest BCUT2D eigenvalue weighted by molar-refractivity contribution is 5.96. The second-order valence-electron chi connectivity index (χ2n) is 5.44. The van der Waals surface area contributed by atoms with Crippen LogP contribution in [-0.2, 0) is 6.54 Å². The van der Waals surface area contributed by atoms with Gasteiger partial charge in [-0.1, -0.05) is 30.3 Å². The highest BCUT2D eigenvalue weighted by atomic mass is 16.4. The first-order valence-electron chi connectivity index (χ1n) is 7.65. The first-order valence-corrected chi connectivity index (χ1v) is 7.65. The minimum absolute atomic E-state index is 0.138. The smallest absolute Gasteiger partial charge is 0.335 e. The maximum atomic E-state index is 12.5. The van der Waals surface area contributed by atoms with E-state index >= 15 is 0 Å².